The first-order valence-electron chi connectivity index (χ1n) is 10.4. The molecule has 2 spiro atoms. The average molecular weight is 407 g/mol. The summed E-state index contributed by atoms with van der Waals surface area (Å²) in [5, 5.41) is 4.04. The molecule has 150 valence electrons. The van der Waals surface area contributed by atoms with Crippen LogP contribution >= 0.6 is 12.2 Å². The third kappa shape index (κ3) is 2.49. The molecule has 2 aromatic carbocycles. The van der Waals surface area contributed by atoms with Crippen LogP contribution in [0.25, 0.3) is 0 Å². The van der Waals surface area contributed by atoms with Gasteiger partial charge in [-0.25, -0.2) is 0 Å². The molecule has 2 aliphatic carbocycles. The molecule has 1 aliphatic heterocycles. The van der Waals surface area contributed by atoms with E-state index in [4.69, 9.17) is 17.0 Å². The Labute approximate surface area is 177 Å². The molecule has 1 amide bonds. The lowest BCUT2D eigenvalue weighted by Gasteiger charge is -2.42. The van der Waals surface area contributed by atoms with Crippen LogP contribution in [0.2, 0.25) is 0 Å². The molecule has 1 saturated heterocycles. The minimum atomic E-state index is -0.802. The van der Waals surface area contributed by atoms with Crippen molar-refractivity contribution in [2.45, 2.75) is 44.6 Å². The van der Waals surface area contributed by atoms with Gasteiger partial charge in [0.15, 0.2) is 10.7 Å². The highest BCUT2D eigenvalue weighted by Gasteiger charge is 2.66. The van der Waals surface area contributed by atoms with Crippen LogP contribution in [0.1, 0.15) is 42.0 Å². The molecular weight excluding hydrogens is 380 g/mol. The van der Waals surface area contributed by atoms with Crippen LogP contribution in [0.3, 0.4) is 0 Å². The molecule has 0 aromatic heterocycles. The minimum Gasteiger partial charge on any atom is -0.494 e. The maximum Gasteiger partial charge on any atom is 0.259 e. The molecule has 0 radical (unpaired) electrons. The molecule has 5 heteroatoms. The van der Waals surface area contributed by atoms with Gasteiger partial charge >= 0.3 is 0 Å². The number of nitrogens with one attached hydrogen (secondary N) is 1. The number of carbonyl (C=O) groups is 1. The van der Waals surface area contributed by atoms with Crippen molar-refractivity contribution in [1.82, 2.24) is 10.2 Å². The lowest BCUT2D eigenvalue weighted by molar-refractivity contribution is -0.135. The Morgan fingerprint density at radius 1 is 1.10 bits per heavy atom. The number of aryl methyl sites for hydroxylation is 2. The average Bonchev–Trinajstić information content (AvgIpc) is 3.02. The van der Waals surface area contributed by atoms with Crippen LogP contribution in [0.15, 0.2) is 42.5 Å². The molecule has 3 aliphatic rings. The van der Waals surface area contributed by atoms with Gasteiger partial charge in [-0.3, -0.25) is 9.69 Å². The van der Waals surface area contributed by atoms with Gasteiger partial charge in [-0.1, -0.05) is 30.3 Å². The molecule has 5 rings (SSSR count). The third-order valence-corrected chi connectivity index (χ3v) is 7.59. The Hall–Kier alpha value is -2.40. The molecule has 1 atom stereocenters. The maximum absolute atomic E-state index is 13.8. The van der Waals surface area contributed by atoms with Gasteiger partial charge in [0.2, 0.25) is 0 Å². The highest BCUT2D eigenvalue weighted by molar-refractivity contribution is 7.80. The van der Waals surface area contributed by atoms with Crippen molar-refractivity contribution in [3.05, 3.63) is 64.7 Å². The fraction of sp³-hybridized carbons (Fsp3) is 0.417. The van der Waals surface area contributed by atoms with E-state index in [0.717, 1.165) is 43.4 Å². The van der Waals surface area contributed by atoms with E-state index < -0.39 is 5.54 Å². The van der Waals surface area contributed by atoms with E-state index in [0.29, 0.717) is 11.7 Å². The van der Waals surface area contributed by atoms with E-state index in [1.165, 1.54) is 16.7 Å². The second-order valence-corrected chi connectivity index (χ2v) is 8.91. The number of hydrogen-bond acceptors (Lipinski definition) is 3. The van der Waals surface area contributed by atoms with Crippen molar-refractivity contribution >= 4 is 23.2 Å². The topological polar surface area (TPSA) is 41.6 Å². The zero-order valence-electron chi connectivity index (χ0n) is 17.0. The molecule has 2 aromatic rings. The van der Waals surface area contributed by atoms with Crippen LogP contribution in [-0.4, -0.2) is 29.6 Å². The van der Waals surface area contributed by atoms with Gasteiger partial charge in [-0.2, -0.15) is 0 Å². The van der Waals surface area contributed by atoms with Crippen molar-refractivity contribution in [2.24, 2.45) is 5.41 Å². The van der Waals surface area contributed by atoms with Crippen LogP contribution in [0, 0.1) is 5.41 Å². The number of nitrogens with zero attached hydrogens (tertiary/aromatic N) is 1. The molecule has 0 bridgehead atoms. The summed E-state index contributed by atoms with van der Waals surface area (Å²) in [6.45, 7) is 2.58. The van der Waals surface area contributed by atoms with E-state index in [1.54, 1.807) is 11.9 Å². The summed E-state index contributed by atoms with van der Waals surface area (Å²) in [6.07, 6.45) is 4.76. The number of likely N-dealkylation sites (N-methyl/N-ethyl adjacent to an activating group) is 1. The summed E-state index contributed by atoms with van der Waals surface area (Å²) < 4.78 is 5.79. The Balaban J connectivity index is 1.66. The predicted molar refractivity (Wildman–Crippen MR) is 117 cm³/mol. The molecule has 29 heavy (non-hydrogen) atoms. The zero-order chi connectivity index (χ0) is 20.2. The van der Waals surface area contributed by atoms with Crippen LogP contribution in [0.5, 0.6) is 5.75 Å². The predicted octanol–water partition coefficient (Wildman–Crippen LogP) is 3.75. The van der Waals surface area contributed by atoms with Crippen LogP contribution in [-0.2, 0) is 29.6 Å². The first-order chi connectivity index (χ1) is 14.0. The lowest BCUT2D eigenvalue weighted by atomic mass is 9.65. The van der Waals surface area contributed by atoms with Crippen molar-refractivity contribution < 1.29 is 9.53 Å². The largest absolute Gasteiger partial charge is 0.494 e. The van der Waals surface area contributed by atoms with Gasteiger partial charge in [-0.15, -0.1) is 0 Å². The SMILES string of the molecule is CCOc1ccc2c(c1)C1(NC(=S)N(C)C1=O)C1(CCc3ccccc3CC1)C2. The van der Waals surface area contributed by atoms with Crippen molar-refractivity contribution in [3.63, 3.8) is 0 Å². The van der Waals surface area contributed by atoms with Gasteiger partial charge in [0.1, 0.15) is 5.75 Å². The van der Waals surface area contributed by atoms with Crippen LogP contribution in [0.4, 0.5) is 0 Å². The summed E-state index contributed by atoms with van der Waals surface area (Å²) >= 11 is 5.56. The lowest BCUT2D eigenvalue weighted by Crippen LogP contribution is -2.55. The van der Waals surface area contributed by atoms with Gasteiger partial charge in [0.05, 0.1) is 6.61 Å². The minimum absolute atomic E-state index is 0.0702. The van der Waals surface area contributed by atoms with Crippen molar-refractivity contribution in [1.29, 1.82) is 0 Å². The van der Waals surface area contributed by atoms with Crippen LogP contribution < -0.4 is 10.1 Å². The quantitative estimate of drug-likeness (QED) is 0.772. The smallest absolute Gasteiger partial charge is 0.259 e. The number of thiocarbonyl (C=S) groups is 1. The highest BCUT2D eigenvalue weighted by atomic mass is 32.1. The van der Waals surface area contributed by atoms with Crippen molar-refractivity contribution in [3.8, 4) is 5.75 Å². The van der Waals surface area contributed by atoms with Gasteiger partial charge in [0, 0.05) is 12.5 Å². The standard InChI is InChI=1S/C24H26N2O2S/c1-3-28-19-9-8-18-15-23(12-10-16-6-4-5-7-17(16)11-13-23)24(20(18)14-19)21(27)26(2)22(29)25-24/h4-9,14H,3,10-13,15H2,1-2H3,(H,25,29). The normalized spacial score (nSPS) is 24.4. The fourth-order valence-corrected chi connectivity index (χ4v) is 5.99. The molecule has 1 N–H and O–H groups in total. The first-order valence-corrected chi connectivity index (χ1v) is 10.8. The maximum atomic E-state index is 13.8. The monoisotopic (exact) mass is 406 g/mol. The number of benzene rings is 2. The number of fused-ring (bicyclic) bond motifs is 4. The number of rotatable bonds is 2. The Kier molecular flexibility index (Phi) is 4.21. The van der Waals surface area contributed by atoms with Gasteiger partial charge in [0.25, 0.3) is 5.91 Å². The number of amides is 1. The fourth-order valence-electron chi connectivity index (χ4n) is 5.75. The van der Waals surface area contributed by atoms with E-state index in [9.17, 15) is 4.79 Å². The van der Waals surface area contributed by atoms with E-state index in [2.05, 4.69) is 41.7 Å². The highest BCUT2D eigenvalue weighted by Crippen LogP contribution is 2.59. The van der Waals surface area contributed by atoms with E-state index in [-0.39, 0.29) is 11.3 Å². The van der Waals surface area contributed by atoms with E-state index >= 15 is 0 Å². The molecule has 4 nitrogen and oxygen atoms in total. The second-order valence-electron chi connectivity index (χ2n) is 8.52. The summed E-state index contributed by atoms with van der Waals surface area (Å²) in [6, 6.07) is 14.9. The van der Waals surface area contributed by atoms with Gasteiger partial charge in [-0.05, 0) is 85.6 Å². The molecular formula is C24H26N2O2S. The summed E-state index contributed by atoms with van der Waals surface area (Å²) in [7, 11) is 1.79. The number of hydrogen-bond donors (Lipinski definition) is 1. The molecule has 1 unspecified atom stereocenters. The second kappa shape index (κ2) is 6.56. The van der Waals surface area contributed by atoms with Gasteiger partial charge < -0.3 is 10.1 Å². The Morgan fingerprint density at radius 3 is 2.38 bits per heavy atom. The zero-order valence-corrected chi connectivity index (χ0v) is 17.8. The Morgan fingerprint density at radius 2 is 1.79 bits per heavy atom. The summed E-state index contributed by atoms with van der Waals surface area (Å²) in [5.41, 5.74) is 4.09. The van der Waals surface area contributed by atoms with E-state index in [1.807, 2.05) is 13.0 Å². The summed E-state index contributed by atoms with van der Waals surface area (Å²) in [4.78, 5) is 15.4. The van der Waals surface area contributed by atoms with Crippen molar-refractivity contribution in [2.75, 3.05) is 13.7 Å². The summed E-state index contributed by atoms with van der Waals surface area (Å²) in [5.74, 6) is 0.885. The Bertz CT molecular complexity index is 991. The number of ether oxygens (including phenoxy) is 1. The third-order valence-electron chi connectivity index (χ3n) is 7.21. The molecule has 1 heterocycles. The molecule has 1 fully saturated rings. The molecule has 0 saturated carbocycles. The first kappa shape index (κ1) is 18.6. The number of carbonyl (C=O) groups excluding carboxylic acids is 1.